The first-order valence-electron chi connectivity index (χ1n) is 6.20. The van der Waals surface area contributed by atoms with Gasteiger partial charge < -0.3 is 15.2 Å². The number of halogens is 2. The van der Waals surface area contributed by atoms with Crippen molar-refractivity contribution < 1.29 is 9.47 Å². The summed E-state index contributed by atoms with van der Waals surface area (Å²) >= 11 is 5.72. The second-order valence-electron chi connectivity index (χ2n) is 4.85. The van der Waals surface area contributed by atoms with Crippen LogP contribution in [0.1, 0.15) is 11.1 Å². The number of nitrogens with zero attached hydrogens (tertiary/aromatic N) is 2. The lowest BCUT2D eigenvalue weighted by molar-refractivity contribution is 0.262. The molecule has 0 fully saturated rings. The SMILES string of the molecule is NC1=N[C@]2(CO1)c1cc(I)ccc1Oc1ncc(Br)cc12. The summed E-state index contributed by atoms with van der Waals surface area (Å²) in [7, 11) is 0. The average molecular weight is 458 g/mol. The van der Waals surface area contributed by atoms with E-state index in [1.165, 1.54) is 0 Å². The fourth-order valence-corrected chi connectivity index (χ4v) is 3.50. The smallest absolute Gasteiger partial charge is 0.283 e. The Balaban J connectivity index is 2.05. The Morgan fingerprint density at radius 1 is 1.29 bits per heavy atom. The third kappa shape index (κ3) is 1.94. The number of benzene rings is 1. The molecule has 3 heterocycles. The Bertz CT molecular complexity index is 742. The molecule has 0 aliphatic carbocycles. The van der Waals surface area contributed by atoms with E-state index in [1.807, 2.05) is 24.3 Å². The molecular weight excluding hydrogens is 449 g/mol. The Morgan fingerprint density at radius 2 is 2.14 bits per heavy atom. The molecule has 2 N–H and O–H groups in total. The minimum absolute atomic E-state index is 0.188. The number of pyridine rings is 1. The van der Waals surface area contributed by atoms with Crippen LogP contribution in [0.25, 0.3) is 0 Å². The summed E-state index contributed by atoms with van der Waals surface area (Å²) in [5.41, 5.74) is 6.89. The molecule has 7 heteroatoms. The molecule has 5 nitrogen and oxygen atoms in total. The fourth-order valence-electron chi connectivity index (χ4n) is 2.67. The molecule has 21 heavy (non-hydrogen) atoms. The van der Waals surface area contributed by atoms with Gasteiger partial charge in [0.05, 0.1) is 5.56 Å². The summed E-state index contributed by atoms with van der Waals surface area (Å²) in [6.45, 7) is 0.348. The van der Waals surface area contributed by atoms with Gasteiger partial charge in [0.15, 0.2) is 5.54 Å². The van der Waals surface area contributed by atoms with Crippen LogP contribution in [0.4, 0.5) is 0 Å². The van der Waals surface area contributed by atoms with Crippen molar-refractivity contribution in [3.63, 3.8) is 0 Å². The van der Waals surface area contributed by atoms with Crippen LogP contribution in [0.2, 0.25) is 0 Å². The highest BCUT2D eigenvalue weighted by molar-refractivity contribution is 14.1. The van der Waals surface area contributed by atoms with Crippen molar-refractivity contribution in [3.8, 4) is 11.6 Å². The maximum absolute atomic E-state index is 5.91. The molecule has 1 atom stereocenters. The number of amidine groups is 1. The van der Waals surface area contributed by atoms with E-state index in [9.17, 15) is 0 Å². The van der Waals surface area contributed by atoms with Crippen LogP contribution in [0.5, 0.6) is 11.6 Å². The predicted molar refractivity (Wildman–Crippen MR) is 89.5 cm³/mol. The molecule has 4 rings (SSSR count). The van der Waals surface area contributed by atoms with Gasteiger partial charge in [0, 0.05) is 19.8 Å². The van der Waals surface area contributed by atoms with E-state index in [0.29, 0.717) is 12.5 Å². The molecule has 0 saturated heterocycles. The number of aliphatic imine (C=N–C) groups is 1. The first-order valence-corrected chi connectivity index (χ1v) is 8.08. The van der Waals surface area contributed by atoms with Crippen molar-refractivity contribution in [1.82, 2.24) is 4.98 Å². The van der Waals surface area contributed by atoms with E-state index >= 15 is 0 Å². The molecule has 0 radical (unpaired) electrons. The van der Waals surface area contributed by atoms with Crippen LogP contribution in [0.15, 0.2) is 39.9 Å². The van der Waals surface area contributed by atoms with E-state index in [1.54, 1.807) is 6.20 Å². The standard InChI is InChI=1S/C14H9BrIN3O2/c15-7-3-10-12(18-5-7)21-11-2-1-8(16)4-9(11)14(10)6-20-13(17)19-14/h1-5H,6H2,(H2,17,19)/t14-/m1/s1. The lowest BCUT2D eigenvalue weighted by atomic mass is 9.83. The van der Waals surface area contributed by atoms with Gasteiger partial charge in [-0.2, -0.15) is 0 Å². The Labute approximate surface area is 142 Å². The van der Waals surface area contributed by atoms with E-state index in [2.05, 4.69) is 48.5 Å². The number of hydrogen-bond donors (Lipinski definition) is 1. The van der Waals surface area contributed by atoms with Crippen LogP contribution in [0, 0.1) is 3.57 Å². The molecule has 106 valence electrons. The number of ether oxygens (including phenoxy) is 2. The number of fused-ring (bicyclic) bond motifs is 4. The van der Waals surface area contributed by atoms with Gasteiger partial charge in [-0.05, 0) is 62.8 Å². The number of rotatable bonds is 0. The largest absolute Gasteiger partial charge is 0.462 e. The molecule has 2 aliphatic rings. The maximum atomic E-state index is 5.91. The zero-order chi connectivity index (χ0) is 14.6. The number of hydrogen-bond acceptors (Lipinski definition) is 5. The molecule has 2 aromatic rings. The van der Waals surface area contributed by atoms with Gasteiger partial charge in [-0.25, -0.2) is 9.98 Å². The molecule has 0 bridgehead atoms. The second-order valence-corrected chi connectivity index (χ2v) is 7.01. The Morgan fingerprint density at radius 3 is 2.90 bits per heavy atom. The van der Waals surface area contributed by atoms with Crippen LogP contribution in [-0.4, -0.2) is 17.6 Å². The first kappa shape index (κ1) is 13.3. The highest BCUT2D eigenvalue weighted by atomic mass is 127. The van der Waals surface area contributed by atoms with E-state index in [0.717, 1.165) is 24.9 Å². The predicted octanol–water partition coefficient (Wildman–Crippen LogP) is 3.14. The van der Waals surface area contributed by atoms with E-state index in [-0.39, 0.29) is 6.02 Å². The van der Waals surface area contributed by atoms with E-state index < -0.39 is 5.54 Å². The van der Waals surface area contributed by atoms with Crippen molar-refractivity contribution in [2.45, 2.75) is 5.54 Å². The third-order valence-corrected chi connectivity index (χ3v) is 4.69. The van der Waals surface area contributed by atoms with Gasteiger partial charge in [-0.3, -0.25) is 0 Å². The summed E-state index contributed by atoms with van der Waals surface area (Å²) in [6.07, 6.45) is 1.70. The monoisotopic (exact) mass is 457 g/mol. The summed E-state index contributed by atoms with van der Waals surface area (Å²) in [5.74, 6) is 1.27. The average Bonchev–Trinajstić information content (AvgIpc) is 2.84. The maximum Gasteiger partial charge on any atom is 0.283 e. The van der Waals surface area contributed by atoms with Crippen molar-refractivity contribution in [2.75, 3.05) is 6.61 Å². The van der Waals surface area contributed by atoms with E-state index in [4.69, 9.17) is 15.2 Å². The molecule has 2 aliphatic heterocycles. The summed E-state index contributed by atoms with van der Waals surface area (Å²) in [4.78, 5) is 8.92. The van der Waals surface area contributed by atoms with Crippen molar-refractivity contribution in [3.05, 3.63) is 49.6 Å². The number of aromatic nitrogens is 1. The van der Waals surface area contributed by atoms with Gasteiger partial charge in [-0.15, -0.1) is 0 Å². The molecule has 0 amide bonds. The minimum atomic E-state index is -0.690. The first-order chi connectivity index (χ1) is 10.1. The van der Waals surface area contributed by atoms with Crippen LogP contribution in [0.3, 0.4) is 0 Å². The zero-order valence-electron chi connectivity index (χ0n) is 10.6. The topological polar surface area (TPSA) is 69.7 Å². The van der Waals surface area contributed by atoms with Crippen LogP contribution in [-0.2, 0) is 10.3 Å². The molecule has 1 aromatic carbocycles. The number of nitrogens with two attached hydrogens (primary N) is 1. The Kier molecular flexibility index (Phi) is 2.90. The molecule has 0 saturated carbocycles. The van der Waals surface area contributed by atoms with Crippen molar-refractivity contribution >= 4 is 44.5 Å². The zero-order valence-corrected chi connectivity index (χ0v) is 14.4. The normalized spacial score (nSPS) is 22.1. The molecule has 1 spiro atoms. The van der Waals surface area contributed by atoms with Crippen molar-refractivity contribution in [2.24, 2.45) is 10.7 Å². The van der Waals surface area contributed by atoms with Gasteiger partial charge >= 0.3 is 0 Å². The van der Waals surface area contributed by atoms with Gasteiger partial charge in [0.25, 0.3) is 6.02 Å². The highest BCUT2D eigenvalue weighted by Gasteiger charge is 2.47. The lowest BCUT2D eigenvalue weighted by Crippen LogP contribution is -2.31. The summed E-state index contributed by atoms with van der Waals surface area (Å²) < 4.78 is 13.3. The molecule has 0 unspecified atom stereocenters. The van der Waals surface area contributed by atoms with Crippen LogP contribution >= 0.6 is 38.5 Å². The summed E-state index contributed by atoms with van der Waals surface area (Å²) in [5, 5.41) is 0. The second kappa shape index (κ2) is 4.57. The minimum Gasteiger partial charge on any atom is -0.462 e. The Hall–Kier alpha value is -1.35. The van der Waals surface area contributed by atoms with Crippen molar-refractivity contribution in [1.29, 1.82) is 0 Å². The summed E-state index contributed by atoms with van der Waals surface area (Å²) in [6, 6.07) is 8.10. The van der Waals surface area contributed by atoms with Gasteiger partial charge in [-0.1, -0.05) is 0 Å². The fraction of sp³-hybridized carbons (Fsp3) is 0.143. The third-order valence-electron chi connectivity index (χ3n) is 3.59. The molecule has 1 aromatic heterocycles. The quantitative estimate of drug-likeness (QED) is 0.617. The lowest BCUT2D eigenvalue weighted by Gasteiger charge is -2.32. The molecular formula is C14H9BrIN3O2. The van der Waals surface area contributed by atoms with Crippen LogP contribution < -0.4 is 10.5 Å². The van der Waals surface area contributed by atoms with Gasteiger partial charge in [0.2, 0.25) is 5.88 Å². The highest BCUT2D eigenvalue weighted by Crippen LogP contribution is 2.50. The van der Waals surface area contributed by atoms with Gasteiger partial charge in [0.1, 0.15) is 12.4 Å².